The molecule has 1 N–H and O–H groups in total. The summed E-state index contributed by atoms with van der Waals surface area (Å²) in [7, 11) is 0. The maximum atomic E-state index is 12.4. The average Bonchev–Trinajstić information content (AvgIpc) is 2.59. The van der Waals surface area contributed by atoms with Gasteiger partial charge < -0.3 is 15.0 Å². The van der Waals surface area contributed by atoms with Crippen LogP contribution in [0.3, 0.4) is 0 Å². The standard InChI is InChI=1S/C18H24F2N2O3/c1-12(2)17(24)22-9-5-7-14(11-22)16(23)21-10-13-6-3-4-8-15(13)25-18(19)20/h3-4,6,8,12,14,18H,5,7,9-11H2,1-2H3,(H,21,23)/t14-/m0/s1. The van der Waals surface area contributed by atoms with Gasteiger partial charge in [0.2, 0.25) is 11.8 Å². The van der Waals surface area contributed by atoms with Gasteiger partial charge in [0.15, 0.2) is 0 Å². The molecule has 0 bridgehead atoms. The highest BCUT2D eigenvalue weighted by atomic mass is 19.3. The van der Waals surface area contributed by atoms with Gasteiger partial charge in [-0.05, 0) is 18.9 Å². The quantitative estimate of drug-likeness (QED) is 0.855. The van der Waals surface area contributed by atoms with Crippen molar-refractivity contribution in [1.82, 2.24) is 10.2 Å². The Morgan fingerprint density at radius 1 is 1.32 bits per heavy atom. The lowest BCUT2D eigenvalue weighted by Crippen LogP contribution is -2.46. The molecule has 5 nitrogen and oxygen atoms in total. The van der Waals surface area contributed by atoms with Gasteiger partial charge in [0.25, 0.3) is 0 Å². The first kappa shape index (κ1) is 19.1. The zero-order chi connectivity index (χ0) is 18.4. The molecule has 1 atom stereocenters. The third kappa shape index (κ3) is 5.41. The van der Waals surface area contributed by atoms with Crippen LogP contribution >= 0.6 is 0 Å². The summed E-state index contributed by atoms with van der Waals surface area (Å²) in [4.78, 5) is 26.2. The number of para-hydroxylation sites is 1. The molecule has 25 heavy (non-hydrogen) atoms. The molecule has 1 aromatic rings. The van der Waals surface area contributed by atoms with Crippen LogP contribution in [-0.4, -0.2) is 36.4 Å². The predicted molar refractivity (Wildman–Crippen MR) is 89.1 cm³/mol. The van der Waals surface area contributed by atoms with E-state index in [0.29, 0.717) is 25.1 Å². The van der Waals surface area contributed by atoms with Gasteiger partial charge >= 0.3 is 6.61 Å². The van der Waals surface area contributed by atoms with Gasteiger partial charge in [0.05, 0.1) is 5.92 Å². The molecule has 0 radical (unpaired) electrons. The molecule has 0 aliphatic carbocycles. The predicted octanol–water partition coefficient (Wildman–Crippen LogP) is 2.80. The molecule has 1 aliphatic heterocycles. The SMILES string of the molecule is CC(C)C(=O)N1CCC[C@H](C(=O)NCc2ccccc2OC(F)F)C1. The number of benzene rings is 1. The van der Waals surface area contributed by atoms with E-state index in [1.807, 2.05) is 13.8 Å². The molecule has 2 rings (SSSR count). The fraction of sp³-hybridized carbons (Fsp3) is 0.556. The smallest absolute Gasteiger partial charge is 0.387 e. The van der Waals surface area contributed by atoms with Gasteiger partial charge in [-0.3, -0.25) is 9.59 Å². The number of hydrogen-bond donors (Lipinski definition) is 1. The van der Waals surface area contributed by atoms with Crippen LogP contribution in [0.4, 0.5) is 8.78 Å². The summed E-state index contributed by atoms with van der Waals surface area (Å²) in [5.74, 6) is -0.445. The van der Waals surface area contributed by atoms with Crippen LogP contribution in [0.15, 0.2) is 24.3 Å². The first-order chi connectivity index (χ1) is 11.9. The van der Waals surface area contributed by atoms with Crippen molar-refractivity contribution in [2.75, 3.05) is 13.1 Å². The van der Waals surface area contributed by atoms with E-state index in [0.717, 1.165) is 6.42 Å². The van der Waals surface area contributed by atoms with E-state index < -0.39 is 6.61 Å². The largest absolute Gasteiger partial charge is 0.434 e. The molecule has 7 heteroatoms. The number of hydrogen-bond acceptors (Lipinski definition) is 3. The Kier molecular flexibility index (Phi) is 6.73. The number of amides is 2. The van der Waals surface area contributed by atoms with Crippen LogP contribution in [0.2, 0.25) is 0 Å². The molecule has 138 valence electrons. The molecule has 0 aromatic heterocycles. The molecular formula is C18H24F2N2O3. The van der Waals surface area contributed by atoms with E-state index >= 15 is 0 Å². The zero-order valence-corrected chi connectivity index (χ0v) is 14.5. The number of ether oxygens (including phenoxy) is 1. The molecule has 1 aromatic carbocycles. The molecule has 0 unspecified atom stereocenters. The van der Waals surface area contributed by atoms with E-state index in [9.17, 15) is 18.4 Å². The number of halogens is 2. The van der Waals surface area contributed by atoms with Crippen molar-refractivity contribution in [3.05, 3.63) is 29.8 Å². The molecule has 2 amide bonds. The number of alkyl halides is 2. The highest BCUT2D eigenvalue weighted by Gasteiger charge is 2.29. The topological polar surface area (TPSA) is 58.6 Å². The zero-order valence-electron chi connectivity index (χ0n) is 14.5. The average molecular weight is 354 g/mol. The highest BCUT2D eigenvalue weighted by Crippen LogP contribution is 2.21. The van der Waals surface area contributed by atoms with Crippen molar-refractivity contribution in [2.45, 2.75) is 39.8 Å². The fourth-order valence-corrected chi connectivity index (χ4v) is 2.94. The summed E-state index contributed by atoms with van der Waals surface area (Å²) in [5.41, 5.74) is 0.488. The Morgan fingerprint density at radius 3 is 2.72 bits per heavy atom. The van der Waals surface area contributed by atoms with Crippen molar-refractivity contribution in [3.63, 3.8) is 0 Å². The normalized spacial score (nSPS) is 17.7. The van der Waals surface area contributed by atoms with Crippen LogP contribution in [-0.2, 0) is 16.1 Å². The summed E-state index contributed by atoms with van der Waals surface area (Å²) in [6.07, 6.45) is 1.49. The number of carbonyl (C=O) groups is 2. The lowest BCUT2D eigenvalue weighted by molar-refractivity contribution is -0.138. The van der Waals surface area contributed by atoms with Gasteiger partial charge in [-0.1, -0.05) is 32.0 Å². The number of piperidine rings is 1. The van der Waals surface area contributed by atoms with Gasteiger partial charge in [0.1, 0.15) is 5.75 Å². The summed E-state index contributed by atoms with van der Waals surface area (Å²) in [5, 5.41) is 2.77. The lowest BCUT2D eigenvalue weighted by Gasteiger charge is -2.33. The minimum atomic E-state index is -2.91. The van der Waals surface area contributed by atoms with E-state index in [1.54, 1.807) is 23.1 Å². The molecular weight excluding hydrogens is 330 g/mol. The van der Waals surface area contributed by atoms with Crippen LogP contribution in [0.5, 0.6) is 5.75 Å². The summed E-state index contributed by atoms with van der Waals surface area (Å²) >= 11 is 0. The minimum absolute atomic E-state index is 0.0492. The second-order valence-corrected chi connectivity index (χ2v) is 6.48. The van der Waals surface area contributed by atoms with Gasteiger partial charge in [-0.2, -0.15) is 8.78 Å². The van der Waals surface area contributed by atoms with E-state index in [2.05, 4.69) is 10.1 Å². The highest BCUT2D eigenvalue weighted by molar-refractivity contribution is 5.82. The maximum absolute atomic E-state index is 12.4. The molecule has 1 heterocycles. The second kappa shape index (κ2) is 8.78. The molecule has 1 aliphatic rings. The number of rotatable bonds is 6. The third-order valence-electron chi connectivity index (χ3n) is 4.24. The second-order valence-electron chi connectivity index (χ2n) is 6.48. The molecule has 0 saturated carbocycles. The number of nitrogens with zero attached hydrogens (tertiary/aromatic N) is 1. The maximum Gasteiger partial charge on any atom is 0.387 e. The van der Waals surface area contributed by atoms with E-state index in [1.165, 1.54) is 6.07 Å². The van der Waals surface area contributed by atoms with Crippen molar-refractivity contribution in [3.8, 4) is 5.75 Å². The Bertz CT molecular complexity index is 608. The van der Waals surface area contributed by atoms with Gasteiger partial charge in [0, 0.05) is 31.1 Å². The van der Waals surface area contributed by atoms with Crippen molar-refractivity contribution >= 4 is 11.8 Å². The number of nitrogens with one attached hydrogen (secondary N) is 1. The summed E-state index contributed by atoms with van der Waals surface area (Å²) in [6.45, 7) is 1.95. The molecule has 1 fully saturated rings. The van der Waals surface area contributed by atoms with E-state index in [-0.39, 0.29) is 35.9 Å². The summed E-state index contributed by atoms with van der Waals surface area (Å²) < 4.78 is 29.3. The van der Waals surface area contributed by atoms with E-state index in [4.69, 9.17) is 0 Å². The molecule has 1 saturated heterocycles. The first-order valence-electron chi connectivity index (χ1n) is 8.47. The number of likely N-dealkylation sites (tertiary alicyclic amines) is 1. The Labute approximate surface area is 146 Å². The number of carbonyl (C=O) groups excluding carboxylic acids is 2. The fourth-order valence-electron chi connectivity index (χ4n) is 2.94. The Balaban J connectivity index is 1.93. The lowest BCUT2D eigenvalue weighted by atomic mass is 9.96. The third-order valence-corrected chi connectivity index (χ3v) is 4.24. The minimum Gasteiger partial charge on any atom is -0.434 e. The van der Waals surface area contributed by atoms with Crippen LogP contribution in [0, 0.1) is 11.8 Å². The van der Waals surface area contributed by atoms with Crippen molar-refractivity contribution in [2.24, 2.45) is 11.8 Å². The van der Waals surface area contributed by atoms with Crippen LogP contribution < -0.4 is 10.1 Å². The van der Waals surface area contributed by atoms with Crippen LogP contribution in [0.1, 0.15) is 32.3 Å². The molecule has 0 spiro atoms. The van der Waals surface area contributed by atoms with Gasteiger partial charge in [-0.25, -0.2) is 0 Å². The monoisotopic (exact) mass is 354 g/mol. The Morgan fingerprint density at radius 2 is 2.04 bits per heavy atom. The Hall–Kier alpha value is -2.18. The van der Waals surface area contributed by atoms with Gasteiger partial charge in [-0.15, -0.1) is 0 Å². The van der Waals surface area contributed by atoms with Crippen molar-refractivity contribution < 1.29 is 23.1 Å². The van der Waals surface area contributed by atoms with Crippen LogP contribution in [0.25, 0.3) is 0 Å². The van der Waals surface area contributed by atoms with Crippen molar-refractivity contribution in [1.29, 1.82) is 0 Å². The first-order valence-corrected chi connectivity index (χ1v) is 8.47. The summed E-state index contributed by atoms with van der Waals surface area (Å²) in [6, 6.07) is 6.37.